The minimum atomic E-state index is -0.604. The van der Waals surface area contributed by atoms with Crippen LogP contribution in [0.25, 0.3) is 0 Å². The molecule has 1 atom stereocenters. The van der Waals surface area contributed by atoms with Crippen LogP contribution in [0.3, 0.4) is 0 Å². The van der Waals surface area contributed by atoms with E-state index in [4.69, 9.17) is 9.47 Å². The topological polar surface area (TPSA) is 55.8 Å². The van der Waals surface area contributed by atoms with Gasteiger partial charge in [0.1, 0.15) is 12.4 Å². The second-order valence-electron chi connectivity index (χ2n) is 7.75. The minimum Gasteiger partial charge on any atom is -0.484 e. The zero-order valence-electron chi connectivity index (χ0n) is 16.0. The van der Waals surface area contributed by atoms with Crippen LogP contribution < -0.4 is 4.74 Å². The van der Waals surface area contributed by atoms with Crippen molar-refractivity contribution in [3.05, 3.63) is 65.7 Å². The van der Waals surface area contributed by atoms with Gasteiger partial charge in [0.15, 0.2) is 6.61 Å². The highest BCUT2D eigenvalue weighted by Crippen LogP contribution is 2.24. The van der Waals surface area contributed by atoms with E-state index in [1.165, 1.54) is 10.5 Å². The van der Waals surface area contributed by atoms with Crippen molar-refractivity contribution in [3.8, 4) is 5.75 Å². The van der Waals surface area contributed by atoms with Gasteiger partial charge in [-0.05, 0) is 35.1 Å². The molecule has 0 spiro atoms. The molecule has 2 aromatic carbocycles. The molecule has 1 aliphatic rings. The van der Waals surface area contributed by atoms with Crippen LogP contribution in [0.5, 0.6) is 5.75 Å². The fraction of sp³-hybridized carbons (Fsp3) is 0.364. The summed E-state index contributed by atoms with van der Waals surface area (Å²) in [5.74, 6) is 0.210. The molecule has 5 nitrogen and oxygen atoms in total. The predicted octanol–water partition coefficient (Wildman–Crippen LogP) is 3.95. The Morgan fingerprint density at radius 3 is 2.41 bits per heavy atom. The van der Waals surface area contributed by atoms with Crippen molar-refractivity contribution in [1.29, 1.82) is 0 Å². The second kappa shape index (κ2) is 7.82. The number of benzene rings is 2. The first-order chi connectivity index (χ1) is 12.8. The van der Waals surface area contributed by atoms with Crippen LogP contribution in [0.1, 0.15) is 31.9 Å². The van der Waals surface area contributed by atoms with Crippen molar-refractivity contribution in [3.63, 3.8) is 0 Å². The van der Waals surface area contributed by atoms with E-state index in [1.807, 2.05) is 54.6 Å². The fourth-order valence-electron chi connectivity index (χ4n) is 3.07. The monoisotopic (exact) mass is 367 g/mol. The van der Waals surface area contributed by atoms with Gasteiger partial charge >= 0.3 is 6.09 Å². The van der Waals surface area contributed by atoms with Gasteiger partial charge in [-0.1, -0.05) is 63.2 Å². The Hall–Kier alpha value is -2.82. The molecule has 5 heteroatoms. The Kier molecular flexibility index (Phi) is 5.49. The molecule has 2 aromatic rings. The molecular formula is C22H25NO4. The Balaban J connectivity index is 1.61. The van der Waals surface area contributed by atoms with Gasteiger partial charge in [0.05, 0.1) is 6.04 Å². The molecule has 2 amide bonds. The summed E-state index contributed by atoms with van der Waals surface area (Å²) in [5.41, 5.74) is 2.29. The highest BCUT2D eigenvalue weighted by atomic mass is 16.6. The predicted molar refractivity (Wildman–Crippen MR) is 103 cm³/mol. The summed E-state index contributed by atoms with van der Waals surface area (Å²) in [6.07, 6.45) is -0.0360. The van der Waals surface area contributed by atoms with Crippen LogP contribution in [0, 0.1) is 0 Å². The summed E-state index contributed by atoms with van der Waals surface area (Å²) in [7, 11) is 0. The number of nitrogens with zero attached hydrogens (tertiary/aromatic N) is 1. The van der Waals surface area contributed by atoms with Crippen LogP contribution in [0.4, 0.5) is 4.79 Å². The zero-order valence-corrected chi connectivity index (χ0v) is 16.0. The first-order valence-electron chi connectivity index (χ1n) is 9.10. The molecule has 1 fully saturated rings. The van der Waals surface area contributed by atoms with E-state index in [0.717, 1.165) is 5.56 Å². The molecule has 1 unspecified atom stereocenters. The summed E-state index contributed by atoms with van der Waals surface area (Å²) in [5, 5.41) is 0. The SMILES string of the molecule is CC(C)(C)c1ccc(OCC(=O)N2C(=O)OCC2Cc2ccccc2)cc1. The quantitative estimate of drug-likeness (QED) is 0.803. The molecule has 0 saturated carbocycles. The van der Waals surface area contributed by atoms with Crippen LogP contribution in [0.15, 0.2) is 54.6 Å². The van der Waals surface area contributed by atoms with Crippen molar-refractivity contribution >= 4 is 12.0 Å². The van der Waals surface area contributed by atoms with Gasteiger partial charge in [-0.25, -0.2) is 9.69 Å². The average Bonchev–Trinajstić information content (AvgIpc) is 3.00. The third-order valence-electron chi connectivity index (χ3n) is 4.63. The van der Waals surface area contributed by atoms with E-state index in [9.17, 15) is 9.59 Å². The lowest BCUT2D eigenvalue weighted by Gasteiger charge is -2.21. The van der Waals surface area contributed by atoms with Gasteiger partial charge in [-0.2, -0.15) is 0 Å². The molecule has 142 valence electrons. The van der Waals surface area contributed by atoms with Gasteiger partial charge in [0.2, 0.25) is 0 Å². The average molecular weight is 367 g/mol. The molecule has 1 saturated heterocycles. The number of carbonyl (C=O) groups excluding carboxylic acids is 2. The molecule has 3 rings (SSSR count). The molecule has 0 aliphatic carbocycles. The molecule has 1 aliphatic heterocycles. The summed E-state index contributed by atoms with van der Waals surface area (Å²) in [4.78, 5) is 25.7. The molecule has 1 heterocycles. The Morgan fingerprint density at radius 1 is 1.11 bits per heavy atom. The maximum absolute atomic E-state index is 12.6. The second-order valence-corrected chi connectivity index (χ2v) is 7.75. The van der Waals surface area contributed by atoms with Gasteiger partial charge in [0.25, 0.3) is 5.91 Å². The van der Waals surface area contributed by atoms with Crippen molar-refractivity contribution in [1.82, 2.24) is 4.90 Å². The van der Waals surface area contributed by atoms with Crippen molar-refractivity contribution in [2.45, 2.75) is 38.6 Å². The van der Waals surface area contributed by atoms with E-state index in [2.05, 4.69) is 20.8 Å². The molecule has 0 radical (unpaired) electrons. The lowest BCUT2D eigenvalue weighted by atomic mass is 9.87. The van der Waals surface area contributed by atoms with Crippen LogP contribution in [-0.2, 0) is 21.4 Å². The Labute approximate surface area is 159 Å². The zero-order chi connectivity index (χ0) is 19.4. The number of imide groups is 1. The number of cyclic esters (lactones) is 1. The molecule has 0 aromatic heterocycles. The molecular weight excluding hydrogens is 342 g/mol. The smallest absolute Gasteiger partial charge is 0.417 e. The van der Waals surface area contributed by atoms with Crippen molar-refractivity contribution in [2.24, 2.45) is 0 Å². The number of carbonyl (C=O) groups is 2. The lowest BCUT2D eigenvalue weighted by molar-refractivity contribution is -0.131. The van der Waals surface area contributed by atoms with Crippen LogP contribution in [-0.4, -0.2) is 36.2 Å². The van der Waals surface area contributed by atoms with E-state index in [0.29, 0.717) is 12.2 Å². The number of ether oxygens (including phenoxy) is 2. The number of rotatable bonds is 5. The van der Waals surface area contributed by atoms with Crippen LogP contribution in [0.2, 0.25) is 0 Å². The third-order valence-corrected chi connectivity index (χ3v) is 4.63. The van der Waals surface area contributed by atoms with E-state index in [1.54, 1.807) is 0 Å². The third kappa shape index (κ3) is 4.67. The number of hydrogen-bond donors (Lipinski definition) is 0. The summed E-state index contributed by atoms with van der Waals surface area (Å²) < 4.78 is 10.7. The normalized spacial score (nSPS) is 16.9. The molecule has 0 bridgehead atoms. The standard InChI is InChI=1S/C22H25NO4/c1-22(2,3)17-9-11-19(12-10-17)26-15-20(24)23-18(14-27-21(23)25)13-16-7-5-4-6-8-16/h4-12,18H,13-15H2,1-3H3. The van der Waals surface area contributed by atoms with E-state index in [-0.39, 0.29) is 24.7 Å². The first kappa shape index (κ1) is 19.0. The van der Waals surface area contributed by atoms with Crippen molar-refractivity contribution < 1.29 is 19.1 Å². The van der Waals surface area contributed by atoms with Gasteiger partial charge < -0.3 is 9.47 Å². The summed E-state index contributed by atoms with van der Waals surface area (Å²) in [6, 6.07) is 17.1. The Morgan fingerprint density at radius 2 is 1.78 bits per heavy atom. The minimum absolute atomic E-state index is 0.0539. The number of amides is 2. The number of hydrogen-bond acceptors (Lipinski definition) is 4. The lowest BCUT2D eigenvalue weighted by Crippen LogP contribution is -2.42. The van der Waals surface area contributed by atoms with Gasteiger partial charge in [-0.3, -0.25) is 4.79 Å². The highest BCUT2D eigenvalue weighted by molar-refractivity contribution is 5.94. The largest absolute Gasteiger partial charge is 0.484 e. The summed E-state index contributed by atoms with van der Waals surface area (Å²) >= 11 is 0. The van der Waals surface area contributed by atoms with Gasteiger partial charge in [0, 0.05) is 0 Å². The first-order valence-corrected chi connectivity index (χ1v) is 9.10. The Bertz CT molecular complexity index is 793. The van der Waals surface area contributed by atoms with E-state index >= 15 is 0 Å². The summed E-state index contributed by atoms with van der Waals surface area (Å²) in [6.45, 7) is 6.42. The van der Waals surface area contributed by atoms with E-state index < -0.39 is 12.0 Å². The molecule has 27 heavy (non-hydrogen) atoms. The van der Waals surface area contributed by atoms with Gasteiger partial charge in [-0.15, -0.1) is 0 Å². The van der Waals surface area contributed by atoms with Crippen molar-refractivity contribution in [2.75, 3.05) is 13.2 Å². The maximum Gasteiger partial charge on any atom is 0.417 e. The highest BCUT2D eigenvalue weighted by Gasteiger charge is 2.38. The fourth-order valence-corrected chi connectivity index (χ4v) is 3.07. The molecule has 0 N–H and O–H groups in total. The maximum atomic E-state index is 12.6. The van der Waals surface area contributed by atoms with Crippen LogP contribution >= 0.6 is 0 Å².